The Hall–Kier alpha value is -1.61. The highest BCUT2D eigenvalue weighted by Gasteiger charge is 2.22. The first kappa shape index (κ1) is 16.4. The van der Waals surface area contributed by atoms with Crippen LogP contribution in [-0.2, 0) is 14.8 Å². The molecule has 104 valence electrons. The van der Waals surface area contributed by atoms with Gasteiger partial charge in [0.05, 0.1) is 5.75 Å². The minimum atomic E-state index is -3.66. The summed E-state index contributed by atoms with van der Waals surface area (Å²) in [4.78, 5) is 14.5. The van der Waals surface area contributed by atoms with E-state index in [1.54, 1.807) is 0 Å². The molecule has 0 aliphatic heterocycles. The molecule has 18 heavy (non-hydrogen) atoms. The van der Waals surface area contributed by atoms with Gasteiger partial charge >= 0.3 is 5.97 Å². The number of rotatable bonds is 9. The maximum atomic E-state index is 11.4. The van der Waals surface area contributed by atoms with Crippen LogP contribution in [0.25, 0.3) is 0 Å². The van der Waals surface area contributed by atoms with Gasteiger partial charge in [-0.1, -0.05) is 6.08 Å². The first-order valence-corrected chi connectivity index (χ1v) is 6.83. The third-order valence-corrected chi connectivity index (χ3v) is 3.22. The van der Waals surface area contributed by atoms with E-state index in [-0.39, 0.29) is 24.7 Å². The lowest BCUT2D eigenvalue weighted by Gasteiger charge is -2.13. The molecule has 0 radical (unpaired) electrons. The molecule has 0 unspecified atom stereocenters. The number of nitrogens with zero attached hydrogens (tertiary/aromatic N) is 1. The number of hydrogen-bond acceptors (Lipinski definition) is 4. The molecule has 0 saturated carbocycles. The van der Waals surface area contributed by atoms with Crippen molar-refractivity contribution in [3.63, 3.8) is 0 Å². The molecule has 0 spiro atoms. The van der Waals surface area contributed by atoms with E-state index in [2.05, 4.69) is 16.3 Å². The molecule has 0 saturated heterocycles. The van der Waals surface area contributed by atoms with Gasteiger partial charge < -0.3 is 16.6 Å². The average molecular weight is 278 g/mol. The number of aliphatic carboxylic acids is 1. The van der Waals surface area contributed by atoms with Crippen LogP contribution in [0.5, 0.6) is 0 Å². The van der Waals surface area contributed by atoms with Crippen LogP contribution in [0.4, 0.5) is 0 Å². The van der Waals surface area contributed by atoms with Crippen molar-refractivity contribution in [1.82, 2.24) is 4.72 Å². The number of nitrogens with one attached hydrogen (secondary N) is 1. The zero-order valence-electron chi connectivity index (χ0n) is 9.87. The average Bonchev–Trinajstić information content (AvgIpc) is 2.21. The van der Waals surface area contributed by atoms with E-state index in [1.807, 2.05) is 0 Å². The molecular formula is C9H18N4O4S. The Kier molecular flexibility index (Phi) is 6.98. The summed E-state index contributed by atoms with van der Waals surface area (Å²) in [6, 6.07) is -1.19. The Morgan fingerprint density at radius 1 is 1.50 bits per heavy atom. The van der Waals surface area contributed by atoms with Crippen LogP contribution >= 0.6 is 0 Å². The van der Waals surface area contributed by atoms with E-state index >= 15 is 0 Å². The molecule has 6 N–H and O–H groups in total. The van der Waals surface area contributed by atoms with E-state index in [0.29, 0.717) is 6.42 Å². The minimum Gasteiger partial charge on any atom is -0.480 e. The maximum absolute atomic E-state index is 11.4. The number of aliphatic imine (C=N–C) groups is 1. The molecular weight excluding hydrogens is 260 g/mol. The normalized spacial score (nSPS) is 12.7. The molecule has 8 nitrogen and oxygen atoms in total. The number of hydrogen-bond donors (Lipinski definition) is 4. The summed E-state index contributed by atoms with van der Waals surface area (Å²) in [6.07, 6.45) is 1.63. The van der Waals surface area contributed by atoms with Crippen LogP contribution in [-0.4, -0.2) is 43.8 Å². The molecule has 0 rings (SSSR count). The second-order valence-electron chi connectivity index (χ2n) is 3.53. The van der Waals surface area contributed by atoms with Crippen molar-refractivity contribution in [2.24, 2.45) is 16.5 Å². The topological polar surface area (TPSA) is 148 Å². The zero-order valence-corrected chi connectivity index (χ0v) is 10.7. The lowest BCUT2D eigenvalue weighted by molar-refractivity contribution is -0.139. The largest absolute Gasteiger partial charge is 0.480 e. The van der Waals surface area contributed by atoms with Crippen LogP contribution in [0.15, 0.2) is 17.6 Å². The van der Waals surface area contributed by atoms with Crippen LogP contribution in [0.1, 0.15) is 12.8 Å². The van der Waals surface area contributed by atoms with E-state index in [1.165, 1.54) is 6.08 Å². The van der Waals surface area contributed by atoms with Gasteiger partial charge in [-0.2, -0.15) is 0 Å². The highest BCUT2D eigenvalue weighted by Crippen LogP contribution is 2.01. The second kappa shape index (κ2) is 7.67. The quantitative estimate of drug-likeness (QED) is 0.176. The fraction of sp³-hybridized carbons (Fsp3) is 0.556. The molecule has 0 bridgehead atoms. The van der Waals surface area contributed by atoms with E-state index in [9.17, 15) is 13.2 Å². The number of carbonyl (C=O) groups is 1. The van der Waals surface area contributed by atoms with Crippen molar-refractivity contribution in [3.8, 4) is 0 Å². The molecule has 0 aromatic rings. The van der Waals surface area contributed by atoms with Crippen LogP contribution in [0.2, 0.25) is 0 Å². The second-order valence-corrected chi connectivity index (χ2v) is 5.33. The van der Waals surface area contributed by atoms with Gasteiger partial charge in [0.25, 0.3) is 0 Å². The molecule has 0 fully saturated rings. The van der Waals surface area contributed by atoms with E-state index in [4.69, 9.17) is 16.6 Å². The Bertz CT molecular complexity index is 414. The van der Waals surface area contributed by atoms with Crippen LogP contribution < -0.4 is 16.2 Å². The van der Waals surface area contributed by atoms with Crippen LogP contribution in [0, 0.1) is 0 Å². The number of nitrogens with two attached hydrogens (primary N) is 2. The van der Waals surface area contributed by atoms with Crippen LogP contribution in [0.3, 0.4) is 0 Å². The predicted octanol–water partition coefficient (Wildman–Crippen LogP) is -1.40. The zero-order chi connectivity index (χ0) is 14.2. The van der Waals surface area contributed by atoms with E-state index < -0.39 is 22.0 Å². The minimum absolute atomic E-state index is 0.0888. The van der Waals surface area contributed by atoms with Crippen molar-refractivity contribution < 1.29 is 18.3 Å². The Balaban J connectivity index is 4.37. The first-order chi connectivity index (χ1) is 8.28. The standard InChI is InChI=1S/C9H18N4O4S/c1-2-6-18(16,17)13-7(8(14)15)4-3-5-12-9(10)11/h2,7,13H,1,3-6H2,(H,14,15)(H4,10,11,12)/t7-/m0/s1. The highest BCUT2D eigenvalue weighted by molar-refractivity contribution is 7.89. The van der Waals surface area contributed by atoms with Crippen molar-refractivity contribution >= 4 is 22.0 Å². The van der Waals surface area contributed by atoms with Crippen molar-refractivity contribution in [1.29, 1.82) is 0 Å². The summed E-state index contributed by atoms with van der Waals surface area (Å²) in [7, 11) is -3.66. The molecule has 0 amide bonds. The molecule has 0 aliphatic rings. The molecule has 0 aromatic heterocycles. The van der Waals surface area contributed by atoms with Gasteiger partial charge in [0.15, 0.2) is 5.96 Å². The highest BCUT2D eigenvalue weighted by atomic mass is 32.2. The SMILES string of the molecule is C=CCS(=O)(=O)N[C@@H](CCCN=C(N)N)C(=O)O. The number of carboxylic acids is 1. The van der Waals surface area contributed by atoms with Crippen molar-refractivity contribution in [3.05, 3.63) is 12.7 Å². The van der Waals surface area contributed by atoms with Gasteiger partial charge in [0.1, 0.15) is 6.04 Å². The fourth-order valence-electron chi connectivity index (χ4n) is 1.16. The van der Waals surface area contributed by atoms with Gasteiger partial charge in [-0.15, -0.1) is 6.58 Å². The van der Waals surface area contributed by atoms with E-state index in [0.717, 1.165) is 0 Å². The summed E-state index contributed by atoms with van der Waals surface area (Å²) < 4.78 is 24.8. The Labute approximate surface area is 106 Å². The third-order valence-electron chi connectivity index (χ3n) is 1.90. The molecule has 0 aliphatic carbocycles. The summed E-state index contributed by atoms with van der Waals surface area (Å²) in [5.74, 6) is -1.66. The Morgan fingerprint density at radius 3 is 2.56 bits per heavy atom. The molecule has 0 heterocycles. The first-order valence-electron chi connectivity index (χ1n) is 5.17. The smallest absolute Gasteiger partial charge is 0.321 e. The molecule has 9 heteroatoms. The molecule has 0 aromatic carbocycles. The summed E-state index contributed by atoms with van der Waals surface area (Å²) >= 11 is 0. The lowest BCUT2D eigenvalue weighted by Crippen LogP contribution is -2.41. The van der Waals surface area contributed by atoms with Gasteiger partial charge in [-0.25, -0.2) is 13.1 Å². The summed E-state index contributed by atoms with van der Waals surface area (Å²) in [5.41, 5.74) is 10.2. The Morgan fingerprint density at radius 2 is 2.11 bits per heavy atom. The molecule has 1 atom stereocenters. The summed E-state index contributed by atoms with van der Waals surface area (Å²) in [5, 5.41) is 8.88. The monoisotopic (exact) mass is 278 g/mol. The number of guanidine groups is 1. The van der Waals surface area contributed by atoms with Gasteiger partial charge in [-0.3, -0.25) is 9.79 Å². The number of carboxylic acid groups (broad SMARTS) is 1. The van der Waals surface area contributed by atoms with Gasteiger partial charge in [0.2, 0.25) is 10.0 Å². The maximum Gasteiger partial charge on any atom is 0.321 e. The fourth-order valence-corrected chi connectivity index (χ4v) is 2.22. The van der Waals surface area contributed by atoms with Gasteiger partial charge in [0, 0.05) is 6.54 Å². The van der Waals surface area contributed by atoms with Crippen molar-refractivity contribution in [2.75, 3.05) is 12.3 Å². The number of sulfonamides is 1. The predicted molar refractivity (Wildman–Crippen MR) is 68.5 cm³/mol. The van der Waals surface area contributed by atoms with Crippen molar-refractivity contribution in [2.45, 2.75) is 18.9 Å². The van der Waals surface area contributed by atoms with Gasteiger partial charge in [-0.05, 0) is 12.8 Å². The lowest BCUT2D eigenvalue weighted by atomic mass is 10.2. The summed E-state index contributed by atoms with van der Waals surface area (Å²) in [6.45, 7) is 3.53. The third kappa shape index (κ3) is 7.63.